The third-order valence-corrected chi connectivity index (χ3v) is 7.13. The summed E-state index contributed by atoms with van der Waals surface area (Å²) in [6.07, 6.45) is 4.19. The van der Waals surface area contributed by atoms with Crippen molar-refractivity contribution in [2.24, 2.45) is 5.92 Å². The number of benzene rings is 1. The van der Waals surface area contributed by atoms with Crippen LogP contribution in [0.15, 0.2) is 24.3 Å². The topological polar surface area (TPSA) is 84.5 Å². The third-order valence-electron chi connectivity index (χ3n) is 5.12. The van der Waals surface area contributed by atoms with E-state index in [1.165, 1.54) is 12.8 Å². The van der Waals surface area contributed by atoms with Gasteiger partial charge in [0, 0.05) is 18.4 Å². The van der Waals surface area contributed by atoms with Crippen molar-refractivity contribution < 1.29 is 17.9 Å². The van der Waals surface area contributed by atoms with Crippen LogP contribution in [0.1, 0.15) is 31.2 Å². The van der Waals surface area contributed by atoms with E-state index < -0.39 is 20.5 Å². The normalized spacial score (nSPS) is 20.0. The van der Waals surface area contributed by atoms with E-state index in [9.17, 15) is 13.2 Å². The van der Waals surface area contributed by atoms with Gasteiger partial charge in [-0.05, 0) is 50.8 Å². The van der Waals surface area contributed by atoms with Gasteiger partial charge < -0.3 is 15.4 Å². The molecular formula is C18H26N2O4S. The molecule has 0 radical (unpaired) electrons. The van der Waals surface area contributed by atoms with Gasteiger partial charge in [-0.2, -0.15) is 0 Å². The first-order valence-electron chi connectivity index (χ1n) is 8.82. The SMILES string of the molecule is CS(=O)(=O)C1(C(=O)NCc2ccccc2OCC2CC2)CCNCC1. The van der Waals surface area contributed by atoms with Gasteiger partial charge in [0.15, 0.2) is 14.6 Å². The Morgan fingerprint density at radius 1 is 1.28 bits per heavy atom. The number of rotatable bonds is 7. The summed E-state index contributed by atoms with van der Waals surface area (Å²) in [5.41, 5.74) is 0.870. The summed E-state index contributed by atoms with van der Waals surface area (Å²) in [5, 5.41) is 5.95. The maximum atomic E-state index is 12.8. The molecule has 1 heterocycles. The van der Waals surface area contributed by atoms with E-state index >= 15 is 0 Å². The number of carbonyl (C=O) groups is 1. The lowest BCUT2D eigenvalue weighted by atomic mass is 9.95. The van der Waals surface area contributed by atoms with Gasteiger partial charge in [-0.15, -0.1) is 0 Å². The lowest BCUT2D eigenvalue weighted by Gasteiger charge is -2.34. The Bertz CT molecular complexity index is 722. The van der Waals surface area contributed by atoms with Gasteiger partial charge >= 0.3 is 0 Å². The molecule has 1 amide bonds. The number of hydrogen-bond donors (Lipinski definition) is 2. The Morgan fingerprint density at radius 3 is 2.60 bits per heavy atom. The number of sulfone groups is 1. The number of para-hydroxylation sites is 1. The molecule has 1 aliphatic carbocycles. The molecule has 6 nitrogen and oxygen atoms in total. The molecule has 2 N–H and O–H groups in total. The quantitative estimate of drug-likeness (QED) is 0.759. The summed E-state index contributed by atoms with van der Waals surface area (Å²) in [5.74, 6) is 0.993. The molecule has 3 rings (SSSR count). The summed E-state index contributed by atoms with van der Waals surface area (Å²) in [4.78, 5) is 12.8. The fourth-order valence-corrected chi connectivity index (χ4v) is 4.57. The maximum absolute atomic E-state index is 12.8. The van der Waals surface area contributed by atoms with Crippen LogP contribution in [0, 0.1) is 5.92 Å². The molecule has 2 fully saturated rings. The molecule has 0 unspecified atom stereocenters. The molecule has 1 aliphatic heterocycles. The van der Waals surface area contributed by atoms with E-state index in [2.05, 4.69) is 10.6 Å². The first kappa shape index (κ1) is 18.2. The van der Waals surface area contributed by atoms with Crippen LogP contribution in [0.5, 0.6) is 5.75 Å². The van der Waals surface area contributed by atoms with E-state index in [-0.39, 0.29) is 6.54 Å². The van der Waals surface area contributed by atoms with Crippen molar-refractivity contribution in [3.8, 4) is 5.75 Å². The second-order valence-corrected chi connectivity index (χ2v) is 9.39. The van der Waals surface area contributed by atoms with Gasteiger partial charge in [0.1, 0.15) is 5.75 Å². The average Bonchev–Trinajstić information content (AvgIpc) is 3.42. The van der Waals surface area contributed by atoms with Crippen molar-refractivity contribution in [3.63, 3.8) is 0 Å². The molecule has 0 spiro atoms. The van der Waals surface area contributed by atoms with Crippen LogP contribution in [-0.2, 0) is 21.2 Å². The Morgan fingerprint density at radius 2 is 1.96 bits per heavy atom. The van der Waals surface area contributed by atoms with Crippen molar-refractivity contribution in [3.05, 3.63) is 29.8 Å². The fourth-order valence-electron chi connectivity index (χ4n) is 3.22. The highest BCUT2D eigenvalue weighted by Crippen LogP contribution is 2.31. The predicted molar refractivity (Wildman–Crippen MR) is 96.2 cm³/mol. The van der Waals surface area contributed by atoms with E-state index in [4.69, 9.17) is 4.74 Å². The molecule has 7 heteroatoms. The minimum absolute atomic E-state index is 0.268. The molecule has 2 aliphatic rings. The lowest BCUT2D eigenvalue weighted by Crippen LogP contribution is -2.57. The second-order valence-electron chi connectivity index (χ2n) is 7.06. The molecule has 25 heavy (non-hydrogen) atoms. The van der Waals surface area contributed by atoms with E-state index in [1.807, 2.05) is 24.3 Å². The molecule has 1 saturated heterocycles. The largest absolute Gasteiger partial charge is 0.493 e. The van der Waals surface area contributed by atoms with Crippen molar-refractivity contribution >= 4 is 15.7 Å². The second kappa shape index (κ2) is 7.33. The Hall–Kier alpha value is -1.60. The van der Waals surface area contributed by atoms with Gasteiger partial charge in [0.05, 0.1) is 6.61 Å². The van der Waals surface area contributed by atoms with Crippen LogP contribution in [0.3, 0.4) is 0 Å². The van der Waals surface area contributed by atoms with E-state index in [1.54, 1.807) is 0 Å². The summed E-state index contributed by atoms with van der Waals surface area (Å²) >= 11 is 0. The van der Waals surface area contributed by atoms with Crippen molar-refractivity contribution in [1.29, 1.82) is 0 Å². The number of piperidine rings is 1. The monoisotopic (exact) mass is 366 g/mol. The molecule has 0 atom stereocenters. The Labute approximate surface area is 149 Å². The highest BCUT2D eigenvalue weighted by atomic mass is 32.2. The van der Waals surface area contributed by atoms with Crippen molar-refractivity contribution in [2.75, 3.05) is 26.0 Å². The predicted octanol–water partition coefficient (Wildman–Crippen LogP) is 1.26. The molecular weight excluding hydrogens is 340 g/mol. The van der Waals surface area contributed by atoms with Gasteiger partial charge in [-0.3, -0.25) is 4.79 Å². The summed E-state index contributed by atoms with van der Waals surface area (Å²) in [6, 6.07) is 7.58. The smallest absolute Gasteiger partial charge is 0.241 e. The standard InChI is InChI=1S/C18H26N2O4S/c1-25(22,23)18(8-10-19-11-9-18)17(21)20-12-15-4-2-3-5-16(15)24-13-14-6-7-14/h2-5,14,19H,6-13H2,1H3,(H,20,21). The molecule has 0 aromatic heterocycles. The molecule has 1 aromatic rings. The zero-order valence-corrected chi connectivity index (χ0v) is 15.4. The minimum atomic E-state index is -3.50. The van der Waals surface area contributed by atoms with Crippen LogP contribution in [0.2, 0.25) is 0 Å². The number of amides is 1. The van der Waals surface area contributed by atoms with Gasteiger partial charge in [0.2, 0.25) is 5.91 Å². The van der Waals surface area contributed by atoms with Crippen LogP contribution in [0.4, 0.5) is 0 Å². The molecule has 1 saturated carbocycles. The average molecular weight is 366 g/mol. The zero-order chi connectivity index (χ0) is 17.9. The zero-order valence-electron chi connectivity index (χ0n) is 14.6. The van der Waals surface area contributed by atoms with Gasteiger partial charge in [0.25, 0.3) is 0 Å². The Balaban J connectivity index is 1.68. The summed E-state index contributed by atoms with van der Waals surface area (Å²) in [6.45, 7) is 2.03. The van der Waals surface area contributed by atoms with E-state index in [0.717, 1.165) is 17.6 Å². The van der Waals surface area contributed by atoms with Crippen molar-refractivity contribution in [1.82, 2.24) is 10.6 Å². The van der Waals surface area contributed by atoms with E-state index in [0.29, 0.717) is 38.5 Å². The number of nitrogens with one attached hydrogen (secondary N) is 2. The van der Waals surface area contributed by atoms with Crippen molar-refractivity contribution in [2.45, 2.75) is 37.0 Å². The summed E-state index contributed by atoms with van der Waals surface area (Å²) < 4.78 is 29.1. The first-order chi connectivity index (χ1) is 11.9. The van der Waals surface area contributed by atoms with Crippen LogP contribution >= 0.6 is 0 Å². The third kappa shape index (κ3) is 4.15. The Kier molecular flexibility index (Phi) is 5.34. The van der Waals surface area contributed by atoms with Crippen LogP contribution in [-0.4, -0.2) is 45.0 Å². The van der Waals surface area contributed by atoms with Gasteiger partial charge in [-0.25, -0.2) is 8.42 Å². The molecule has 138 valence electrons. The fraction of sp³-hybridized carbons (Fsp3) is 0.611. The summed E-state index contributed by atoms with van der Waals surface area (Å²) in [7, 11) is -3.50. The molecule has 0 bridgehead atoms. The highest BCUT2D eigenvalue weighted by Gasteiger charge is 2.48. The number of carbonyl (C=O) groups excluding carboxylic acids is 1. The first-order valence-corrected chi connectivity index (χ1v) is 10.7. The number of ether oxygens (including phenoxy) is 1. The molecule has 1 aromatic carbocycles. The van der Waals surface area contributed by atoms with Gasteiger partial charge in [-0.1, -0.05) is 18.2 Å². The van der Waals surface area contributed by atoms with Crippen LogP contribution < -0.4 is 15.4 Å². The minimum Gasteiger partial charge on any atom is -0.493 e. The highest BCUT2D eigenvalue weighted by molar-refractivity contribution is 7.92. The number of hydrogen-bond acceptors (Lipinski definition) is 5. The van der Waals surface area contributed by atoms with Crippen LogP contribution in [0.25, 0.3) is 0 Å². The lowest BCUT2D eigenvalue weighted by molar-refractivity contribution is -0.124. The maximum Gasteiger partial charge on any atom is 0.241 e.